The van der Waals surface area contributed by atoms with E-state index in [0.717, 1.165) is 40.6 Å². The molecule has 1 aliphatic heterocycles. The minimum atomic E-state index is 0.231. The predicted molar refractivity (Wildman–Crippen MR) is 96.4 cm³/mol. The van der Waals surface area contributed by atoms with Gasteiger partial charge in [0.2, 0.25) is 5.88 Å². The lowest BCUT2D eigenvalue weighted by molar-refractivity contribution is 0.254. The van der Waals surface area contributed by atoms with Gasteiger partial charge in [-0.25, -0.2) is 4.68 Å². The van der Waals surface area contributed by atoms with E-state index in [1.165, 1.54) is 5.56 Å². The van der Waals surface area contributed by atoms with Crippen LogP contribution in [0.3, 0.4) is 0 Å². The van der Waals surface area contributed by atoms with Crippen molar-refractivity contribution in [3.63, 3.8) is 0 Å². The Morgan fingerprint density at radius 1 is 1.36 bits per heavy atom. The molecule has 0 radical (unpaired) electrons. The summed E-state index contributed by atoms with van der Waals surface area (Å²) in [6.07, 6.45) is 1.17. The Morgan fingerprint density at radius 3 is 2.88 bits per heavy atom. The van der Waals surface area contributed by atoms with Crippen molar-refractivity contribution in [2.75, 3.05) is 13.7 Å². The van der Waals surface area contributed by atoms with Gasteiger partial charge in [0, 0.05) is 37.7 Å². The van der Waals surface area contributed by atoms with Gasteiger partial charge < -0.3 is 19.5 Å². The summed E-state index contributed by atoms with van der Waals surface area (Å²) in [6, 6.07) is 4.22. The van der Waals surface area contributed by atoms with Gasteiger partial charge in [0.1, 0.15) is 17.6 Å². The summed E-state index contributed by atoms with van der Waals surface area (Å²) in [6.45, 7) is 8.12. The molecule has 136 valence electrons. The number of fused-ring (bicyclic) bond motifs is 1. The minimum absolute atomic E-state index is 0.231. The molecule has 0 bridgehead atoms. The van der Waals surface area contributed by atoms with E-state index in [-0.39, 0.29) is 6.10 Å². The Kier molecular flexibility index (Phi) is 5.18. The summed E-state index contributed by atoms with van der Waals surface area (Å²) in [5.41, 5.74) is 4.39. The van der Waals surface area contributed by atoms with Gasteiger partial charge in [0.05, 0.1) is 25.0 Å². The molecular formula is C19H27N3O3. The smallest absolute Gasteiger partial charge is 0.216 e. The molecule has 0 fully saturated rings. The van der Waals surface area contributed by atoms with Crippen LogP contribution in [0, 0.1) is 6.92 Å². The molecule has 2 heterocycles. The quantitative estimate of drug-likeness (QED) is 0.836. The van der Waals surface area contributed by atoms with Crippen LogP contribution >= 0.6 is 0 Å². The summed E-state index contributed by atoms with van der Waals surface area (Å²) < 4.78 is 18.9. The first-order chi connectivity index (χ1) is 12.0. The van der Waals surface area contributed by atoms with Crippen molar-refractivity contribution in [2.24, 2.45) is 7.05 Å². The van der Waals surface area contributed by atoms with Gasteiger partial charge in [-0.2, -0.15) is 5.10 Å². The maximum absolute atomic E-state index is 5.89. The molecule has 25 heavy (non-hydrogen) atoms. The first-order valence-corrected chi connectivity index (χ1v) is 8.75. The molecule has 1 aromatic heterocycles. The van der Waals surface area contributed by atoms with Crippen LogP contribution in [-0.2, 0) is 26.6 Å². The number of nitrogens with zero attached hydrogens (tertiary/aromatic N) is 2. The predicted octanol–water partition coefficient (Wildman–Crippen LogP) is 2.75. The first kappa shape index (κ1) is 17.6. The molecule has 0 saturated carbocycles. The molecule has 1 N–H and O–H groups in total. The van der Waals surface area contributed by atoms with E-state index in [4.69, 9.17) is 14.2 Å². The highest BCUT2D eigenvalue weighted by Gasteiger charge is 2.22. The molecular weight excluding hydrogens is 318 g/mol. The summed E-state index contributed by atoms with van der Waals surface area (Å²) in [4.78, 5) is 0. The topological polar surface area (TPSA) is 57.5 Å². The average molecular weight is 345 g/mol. The lowest BCUT2D eigenvalue weighted by Crippen LogP contribution is -2.15. The number of hydrogen-bond donors (Lipinski definition) is 1. The van der Waals surface area contributed by atoms with E-state index in [1.54, 1.807) is 11.8 Å². The number of aryl methyl sites for hydroxylation is 2. The van der Waals surface area contributed by atoms with Crippen molar-refractivity contribution in [1.82, 2.24) is 15.1 Å². The standard InChI is InChI=1S/C19H27N3O3/c1-6-24-17-8-14-7-12(2)25-18(14)9-15(17)10-20-11-16-13(3)21-22(4)19(16)23-5/h8-9,12,20H,6-7,10-11H2,1-5H3/t12-/m0/s1. The Bertz CT molecular complexity index is 755. The molecule has 0 unspecified atom stereocenters. The summed E-state index contributed by atoms with van der Waals surface area (Å²) in [5.74, 6) is 2.70. The van der Waals surface area contributed by atoms with Crippen LogP contribution in [0.4, 0.5) is 0 Å². The number of nitrogens with one attached hydrogen (secondary N) is 1. The van der Waals surface area contributed by atoms with Crippen molar-refractivity contribution in [2.45, 2.75) is 46.4 Å². The Labute approximate surface area is 149 Å². The molecule has 0 spiro atoms. The summed E-state index contributed by atoms with van der Waals surface area (Å²) in [7, 11) is 3.56. The van der Waals surface area contributed by atoms with Gasteiger partial charge in [-0.15, -0.1) is 0 Å². The van der Waals surface area contributed by atoms with Crippen LogP contribution in [-0.4, -0.2) is 29.6 Å². The second-order valence-electron chi connectivity index (χ2n) is 6.43. The zero-order valence-corrected chi connectivity index (χ0v) is 15.7. The lowest BCUT2D eigenvalue weighted by Gasteiger charge is -2.13. The van der Waals surface area contributed by atoms with Crippen molar-refractivity contribution in [1.29, 1.82) is 0 Å². The van der Waals surface area contributed by atoms with E-state index in [0.29, 0.717) is 19.7 Å². The van der Waals surface area contributed by atoms with Crippen LogP contribution in [0.5, 0.6) is 17.4 Å². The lowest BCUT2D eigenvalue weighted by atomic mass is 10.1. The van der Waals surface area contributed by atoms with E-state index in [9.17, 15) is 0 Å². The van der Waals surface area contributed by atoms with Crippen molar-refractivity contribution in [3.05, 3.63) is 34.5 Å². The number of ether oxygens (including phenoxy) is 3. The highest BCUT2D eigenvalue weighted by Crippen LogP contribution is 2.35. The Balaban J connectivity index is 1.74. The van der Waals surface area contributed by atoms with Crippen LogP contribution in [0.25, 0.3) is 0 Å². The molecule has 0 aliphatic carbocycles. The van der Waals surface area contributed by atoms with Crippen LogP contribution < -0.4 is 19.5 Å². The van der Waals surface area contributed by atoms with Gasteiger partial charge in [0.25, 0.3) is 0 Å². The van der Waals surface area contributed by atoms with Gasteiger partial charge in [0.15, 0.2) is 0 Å². The van der Waals surface area contributed by atoms with E-state index < -0.39 is 0 Å². The number of rotatable bonds is 7. The second-order valence-corrected chi connectivity index (χ2v) is 6.43. The molecule has 0 amide bonds. The average Bonchev–Trinajstić information content (AvgIpc) is 3.05. The summed E-state index contributed by atoms with van der Waals surface area (Å²) in [5, 5.41) is 7.90. The third-order valence-corrected chi connectivity index (χ3v) is 4.48. The highest BCUT2D eigenvalue weighted by molar-refractivity contribution is 5.48. The normalized spacial score (nSPS) is 15.8. The molecule has 6 heteroatoms. The monoisotopic (exact) mass is 345 g/mol. The third-order valence-electron chi connectivity index (χ3n) is 4.48. The highest BCUT2D eigenvalue weighted by atomic mass is 16.5. The first-order valence-electron chi connectivity index (χ1n) is 8.75. The second kappa shape index (κ2) is 7.35. The molecule has 2 aromatic rings. The molecule has 0 saturated heterocycles. The van der Waals surface area contributed by atoms with E-state index in [1.807, 2.05) is 20.9 Å². The van der Waals surface area contributed by atoms with Gasteiger partial charge in [-0.05, 0) is 32.9 Å². The molecule has 3 rings (SSSR count). The van der Waals surface area contributed by atoms with E-state index in [2.05, 4.69) is 29.5 Å². The number of benzene rings is 1. The Hall–Kier alpha value is -2.21. The van der Waals surface area contributed by atoms with Crippen molar-refractivity contribution >= 4 is 0 Å². The van der Waals surface area contributed by atoms with Crippen LogP contribution in [0.1, 0.15) is 36.2 Å². The van der Waals surface area contributed by atoms with E-state index >= 15 is 0 Å². The number of methoxy groups -OCH3 is 1. The van der Waals surface area contributed by atoms with Crippen molar-refractivity contribution in [3.8, 4) is 17.4 Å². The largest absolute Gasteiger partial charge is 0.494 e. The SMILES string of the molecule is CCOc1cc2c(cc1CNCc1c(C)nn(C)c1OC)O[C@@H](C)C2. The van der Waals surface area contributed by atoms with Gasteiger partial charge >= 0.3 is 0 Å². The maximum atomic E-state index is 5.89. The van der Waals surface area contributed by atoms with Gasteiger partial charge in [-0.1, -0.05) is 0 Å². The maximum Gasteiger partial charge on any atom is 0.216 e. The molecule has 1 aromatic carbocycles. The minimum Gasteiger partial charge on any atom is -0.494 e. The molecule has 1 aliphatic rings. The fourth-order valence-electron chi connectivity index (χ4n) is 3.37. The fourth-order valence-corrected chi connectivity index (χ4v) is 3.37. The number of aromatic nitrogens is 2. The summed E-state index contributed by atoms with van der Waals surface area (Å²) >= 11 is 0. The zero-order chi connectivity index (χ0) is 18.0. The fraction of sp³-hybridized carbons (Fsp3) is 0.526. The van der Waals surface area contributed by atoms with Gasteiger partial charge in [-0.3, -0.25) is 0 Å². The Morgan fingerprint density at radius 2 is 2.16 bits per heavy atom. The molecule has 6 nitrogen and oxygen atoms in total. The molecule has 1 atom stereocenters. The van der Waals surface area contributed by atoms with Crippen LogP contribution in [0.15, 0.2) is 12.1 Å². The van der Waals surface area contributed by atoms with Crippen LogP contribution in [0.2, 0.25) is 0 Å². The van der Waals surface area contributed by atoms with Crippen molar-refractivity contribution < 1.29 is 14.2 Å². The third kappa shape index (κ3) is 3.58. The number of hydrogen-bond acceptors (Lipinski definition) is 5. The zero-order valence-electron chi connectivity index (χ0n) is 15.7.